The number of carboxylic acid groups (broad SMARTS) is 1. The Labute approximate surface area is 128 Å². The summed E-state index contributed by atoms with van der Waals surface area (Å²) < 4.78 is 5.31. The predicted molar refractivity (Wildman–Crippen MR) is 83.5 cm³/mol. The number of benzene rings is 2. The van der Waals surface area contributed by atoms with E-state index in [-0.39, 0.29) is 5.56 Å². The molecule has 0 saturated carbocycles. The van der Waals surface area contributed by atoms with Crippen LogP contribution in [-0.2, 0) is 6.54 Å². The number of anilines is 1. The van der Waals surface area contributed by atoms with Gasteiger partial charge in [-0.1, -0.05) is 29.8 Å². The first-order valence-electron chi connectivity index (χ1n) is 6.39. The standard InChI is InChI=1S/C16H16ClNO3/c1-18(10-11-5-3-4-6-15(11)21-2)14-9-12(17)7-8-13(14)16(19)20/h3-9H,10H2,1-2H3,(H,19,20). The van der Waals surface area contributed by atoms with Crippen molar-refractivity contribution in [2.24, 2.45) is 0 Å². The quantitative estimate of drug-likeness (QED) is 0.915. The molecule has 2 aromatic carbocycles. The van der Waals surface area contributed by atoms with Crippen LogP contribution in [0.2, 0.25) is 5.02 Å². The number of ether oxygens (including phenoxy) is 1. The van der Waals surface area contributed by atoms with Gasteiger partial charge in [0.2, 0.25) is 0 Å². The third-order valence-electron chi connectivity index (χ3n) is 3.20. The molecular weight excluding hydrogens is 290 g/mol. The number of halogens is 1. The number of hydrogen-bond donors (Lipinski definition) is 1. The van der Waals surface area contributed by atoms with Crippen LogP contribution < -0.4 is 9.64 Å². The average Bonchev–Trinajstić information content (AvgIpc) is 2.47. The molecule has 0 bridgehead atoms. The van der Waals surface area contributed by atoms with Crippen molar-refractivity contribution in [2.75, 3.05) is 19.1 Å². The van der Waals surface area contributed by atoms with Gasteiger partial charge >= 0.3 is 5.97 Å². The molecule has 0 radical (unpaired) electrons. The Morgan fingerprint density at radius 3 is 2.67 bits per heavy atom. The Kier molecular flexibility index (Phi) is 4.70. The molecule has 0 fully saturated rings. The summed E-state index contributed by atoms with van der Waals surface area (Å²) in [4.78, 5) is 13.2. The molecule has 0 aromatic heterocycles. The van der Waals surface area contributed by atoms with E-state index in [0.29, 0.717) is 17.3 Å². The van der Waals surface area contributed by atoms with Gasteiger partial charge in [-0.25, -0.2) is 4.79 Å². The molecule has 110 valence electrons. The first-order chi connectivity index (χ1) is 10.0. The summed E-state index contributed by atoms with van der Waals surface area (Å²) in [6, 6.07) is 12.4. The number of carboxylic acids is 1. The number of carbonyl (C=O) groups is 1. The third-order valence-corrected chi connectivity index (χ3v) is 3.44. The van der Waals surface area contributed by atoms with Gasteiger partial charge in [-0.05, 0) is 24.3 Å². The van der Waals surface area contributed by atoms with Gasteiger partial charge in [0.05, 0.1) is 18.4 Å². The molecule has 0 saturated heterocycles. The zero-order valence-corrected chi connectivity index (χ0v) is 12.6. The minimum Gasteiger partial charge on any atom is -0.496 e. The normalized spacial score (nSPS) is 10.2. The Balaban J connectivity index is 2.34. The second-order valence-electron chi connectivity index (χ2n) is 4.63. The smallest absolute Gasteiger partial charge is 0.337 e. The van der Waals surface area contributed by atoms with Gasteiger partial charge in [-0.3, -0.25) is 0 Å². The molecule has 5 heteroatoms. The highest BCUT2D eigenvalue weighted by Crippen LogP contribution is 2.27. The minimum absolute atomic E-state index is 0.219. The maximum absolute atomic E-state index is 11.3. The molecular formula is C16H16ClNO3. The fraction of sp³-hybridized carbons (Fsp3) is 0.188. The van der Waals surface area contributed by atoms with Crippen LogP contribution in [-0.4, -0.2) is 25.2 Å². The number of nitrogens with zero attached hydrogens (tertiary/aromatic N) is 1. The van der Waals surface area contributed by atoms with Crippen LogP contribution in [0.3, 0.4) is 0 Å². The van der Waals surface area contributed by atoms with Crippen LogP contribution in [0.4, 0.5) is 5.69 Å². The van der Waals surface area contributed by atoms with Crippen molar-refractivity contribution in [3.05, 3.63) is 58.6 Å². The van der Waals surface area contributed by atoms with E-state index >= 15 is 0 Å². The van der Waals surface area contributed by atoms with Crippen molar-refractivity contribution in [3.63, 3.8) is 0 Å². The largest absolute Gasteiger partial charge is 0.496 e. The van der Waals surface area contributed by atoms with Gasteiger partial charge < -0.3 is 14.7 Å². The number of para-hydroxylation sites is 1. The zero-order chi connectivity index (χ0) is 15.4. The Hall–Kier alpha value is -2.20. The molecule has 2 aromatic rings. The van der Waals surface area contributed by atoms with Gasteiger partial charge in [0.15, 0.2) is 0 Å². The van der Waals surface area contributed by atoms with Gasteiger partial charge in [0, 0.05) is 24.2 Å². The highest BCUT2D eigenvalue weighted by Gasteiger charge is 2.15. The lowest BCUT2D eigenvalue weighted by atomic mass is 10.1. The van der Waals surface area contributed by atoms with E-state index in [1.807, 2.05) is 36.2 Å². The summed E-state index contributed by atoms with van der Waals surface area (Å²) in [5.41, 5.74) is 1.76. The molecule has 0 heterocycles. The summed E-state index contributed by atoms with van der Waals surface area (Å²) in [7, 11) is 3.44. The highest BCUT2D eigenvalue weighted by atomic mass is 35.5. The van der Waals surface area contributed by atoms with Crippen molar-refractivity contribution in [3.8, 4) is 5.75 Å². The van der Waals surface area contributed by atoms with Crippen LogP contribution in [0.1, 0.15) is 15.9 Å². The van der Waals surface area contributed by atoms with Crippen LogP contribution >= 0.6 is 11.6 Å². The van der Waals surface area contributed by atoms with E-state index in [2.05, 4.69) is 0 Å². The second-order valence-corrected chi connectivity index (χ2v) is 5.07. The monoisotopic (exact) mass is 305 g/mol. The zero-order valence-electron chi connectivity index (χ0n) is 11.8. The fourth-order valence-corrected chi connectivity index (χ4v) is 2.34. The van der Waals surface area contributed by atoms with E-state index in [4.69, 9.17) is 16.3 Å². The Bertz CT molecular complexity index is 658. The third kappa shape index (κ3) is 3.47. The lowest BCUT2D eigenvalue weighted by Crippen LogP contribution is -2.19. The van der Waals surface area contributed by atoms with Crippen molar-refractivity contribution in [1.29, 1.82) is 0 Å². The minimum atomic E-state index is -0.978. The van der Waals surface area contributed by atoms with Crippen LogP contribution in [0, 0.1) is 0 Å². The molecule has 0 atom stereocenters. The van der Waals surface area contributed by atoms with Crippen molar-refractivity contribution in [2.45, 2.75) is 6.54 Å². The highest BCUT2D eigenvalue weighted by molar-refractivity contribution is 6.31. The molecule has 21 heavy (non-hydrogen) atoms. The van der Waals surface area contributed by atoms with Crippen LogP contribution in [0.5, 0.6) is 5.75 Å². The molecule has 0 aliphatic carbocycles. The molecule has 0 aliphatic heterocycles. The summed E-state index contributed by atoms with van der Waals surface area (Å²) in [6.45, 7) is 0.518. The summed E-state index contributed by atoms with van der Waals surface area (Å²) in [5, 5.41) is 9.78. The Morgan fingerprint density at radius 1 is 1.29 bits per heavy atom. The molecule has 0 aliphatic rings. The first-order valence-corrected chi connectivity index (χ1v) is 6.76. The SMILES string of the molecule is COc1ccccc1CN(C)c1cc(Cl)ccc1C(=O)O. The van der Waals surface area contributed by atoms with E-state index < -0.39 is 5.97 Å². The number of methoxy groups -OCH3 is 1. The summed E-state index contributed by atoms with van der Waals surface area (Å²) in [5.74, 6) is -0.211. The van der Waals surface area contributed by atoms with Crippen molar-refractivity contribution < 1.29 is 14.6 Å². The Morgan fingerprint density at radius 2 is 2.00 bits per heavy atom. The van der Waals surface area contributed by atoms with E-state index in [9.17, 15) is 9.90 Å². The molecule has 1 N–H and O–H groups in total. The topological polar surface area (TPSA) is 49.8 Å². The van der Waals surface area contributed by atoms with E-state index in [1.165, 1.54) is 6.07 Å². The number of rotatable bonds is 5. The van der Waals surface area contributed by atoms with E-state index in [0.717, 1.165) is 11.3 Å². The maximum atomic E-state index is 11.3. The number of aromatic carboxylic acids is 1. The van der Waals surface area contributed by atoms with Gasteiger partial charge in [0.25, 0.3) is 0 Å². The lowest BCUT2D eigenvalue weighted by molar-refractivity contribution is 0.0697. The maximum Gasteiger partial charge on any atom is 0.337 e. The van der Waals surface area contributed by atoms with Gasteiger partial charge in [-0.2, -0.15) is 0 Å². The number of hydrogen-bond acceptors (Lipinski definition) is 3. The fourth-order valence-electron chi connectivity index (χ4n) is 2.18. The van der Waals surface area contributed by atoms with Crippen molar-refractivity contribution in [1.82, 2.24) is 0 Å². The van der Waals surface area contributed by atoms with E-state index in [1.54, 1.807) is 19.2 Å². The van der Waals surface area contributed by atoms with Crippen molar-refractivity contribution >= 4 is 23.3 Å². The molecule has 0 unspecified atom stereocenters. The molecule has 4 nitrogen and oxygen atoms in total. The predicted octanol–water partition coefficient (Wildman–Crippen LogP) is 3.68. The first kappa shape index (κ1) is 15.2. The summed E-state index contributed by atoms with van der Waals surface area (Å²) >= 11 is 5.98. The summed E-state index contributed by atoms with van der Waals surface area (Å²) in [6.07, 6.45) is 0. The van der Waals surface area contributed by atoms with Crippen LogP contribution in [0.25, 0.3) is 0 Å². The molecule has 0 spiro atoms. The van der Waals surface area contributed by atoms with Crippen LogP contribution in [0.15, 0.2) is 42.5 Å². The lowest BCUT2D eigenvalue weighted by Gasteiger charge is -2.22. The second kappa shape index (κ2) is 6.50. The van der Waals surface area contributed by atoms with Gasteiger partial charge in [-0.15, -0.1) is 0 Å². The average molecular weight is 306 g/mol. The molecule has 2 rings (SSSR count). The molecule has 0 amide bonds. The van der Waals surface area contributed by atoms with Gasteiger partial charge in [0.1, 0.15) is 5.75 Å².